The topological polar surface area (TPSA) is 47.4 Å². The number of ether oxygens (including phenoxy) is 1. The Morgan fingerprint density at radius 2 is 1.80 bits per heavy atom. The lowest BCUT2D eigenvalue weighted by Gasteiger charge is -2.27. The fourth-order valence-corrected chi connectivity index (χ4v) is 3.53. The first-order valence-electron chi connectivity index (χ1n) is 9.81. The minimum Gasteiger partial charge on any atom is -0.443 e. The van der Waals surface area contributed by atoms with Gasteiger partial charge in [-0.25, -0.2) is 9.18 Å². The molecule has 0 unspecified atom stereocenters. The summed E-state index contributed by atoms with van der Waals surface area (Å²) in [7, 11) is 0. The molecular formula is C23H29ClFN3O2. The number of rotatable bonds is 4. The van der Waals surface area contributed by atoms with Crippen LogP contribution in [-0.2, 0) is 17.8 Å². The highest BCUT2D eigenvalue weighted by Gasteiger charge is 2.26. The van der Waals surface area contributed by atoms with E-state index in [1.54, 1.807) is 18.3 Å². The molecule has 1 aromatic carbocycles. The van der Waals surface area contributed by atoms with Crippen LogP contribution in [0.15, 0.2) is 36.5 Å². The van der Waals surface area contributed by atoms with Crippen molar-refractivity contribution in [3.8, 4) is 0 Å². The van der Waals surface area contributed by atoms with E-state index in [0.717, 1.165) is 23.1 Å². The van der Waals surface area contributed by atoms with Crippen LogP contribution in [0.2, 0.25) is 0 Å². The molecule has 0 saturated carbocycles. The van der Waals surface area contributed by atoms with Crippen LogP contribution in [0.25, 0.3) is 10.9 Å². The predicted molar refractivity (Wildman–Crippen MR) is 121 cm³/mol. The van der Waals surface area contributed by atoms with Gasteiger partial charge in [0.1, 0.15) is 11.4 Å². The molecule has 0 N–H and O–H groups in total. The molecule has 3 rings (SSSR count). The Labute approximate surface area is 183 Å². The molecule has 7 heteroatoms. The molecular weight excluding hydrogens is 405 g/mol. The Morgan fingerprint density at radius 1 is 1.17 bits per heavy atom. The van der Waals surface area contributed by atoms with Crippen LogP contribution in [0.4, 0.5) is 14.9 Å². The van der Waals surface area contributed by atoms with Crippen LogP contribution in [-0.4, -0.2) is 21.2 Å². The van der Waals surface area contributed by atoms with Crippen LogP contribution >= 0.6 is 12.4 Å². The summed E-state index contributed by atoms with van der Waals surface area (Å²) in [5.41, 5.74) is 4.09. The maximum Gasteiger partial charge on any atom is 0.415 e. The molecule has 0 aliphatic heterocycles. The van der Waals surface area contributed by atoms with Gasteiger partial charge in [-0.1, -0.05) is 0 Å². The van der Waals surface area contributed by atoms with Crippen molar-refractivity contribution in [1.29, 1.82) is 0 Å². The number of carbonyl (C=O) groups is 1. The van der Waals surface area contributed by atoms with E-state index in [-0.39, 0.29) is 24.8 Å². The number of hydrogen-bond donors (Lipinski definition) is 0. The largest absolute Gasteiger partial charge is 0.443 e. The van der Waals surface area contributed by atoms with Gasteiger partial charge in [-0.15, -0.1) is 12.4 Å². The molecule has 0 radical (unpaired) electrons. The first-order valence-corrected chi connectivity index (χ1v) is 9.81. The summed E-state index contributed by atoms with van der Waals surface area (Å²) in [5.74, 6) is -0.357. The molecule has 162 valence electrons. The van der Waals surface area contributed by atoms with Crippen molar-refractivity contribution in [3.63, 3.8) is 0 Å². The van der Waals surface area contributed by atoms with Gasteiger partial charge < -0.3 is 9.30 Å². The molecule has 0 fully saturated rings. The van der Waals surface area contributed by atoms with Crippen molar-refractivity contribution in [2.75, 3.05) is 4.90 Å². The summed E-state index contributed by atoms with van der Waals surface area (Å²) in [5, 5.41) is 1.12. The van der Waals surface area contributed by atoms with Crippen LogP contribution < -0.4 is 4.90 Å². The monoisotopic (exact) mass is 433 g/mol. The third-order valence-electron chi connectivity index (χ3n) is 5.00. The SMILES string of the molecule is CCn1c(C)c(C)c2ccnc(CN(C(=O)OC(C)(C)C)c3ccc(F)cc3)c21.Cl. The summed E-state index contributed by atoms with van der Waals surface area (Å²) in [4.78, 5) is 19.1. The molecule has 0 atom stereocenters. The number of halogens is 2. The molecule has 0 spiro atoms. The number of fused-ring (bicyclic) bond motifs is 1. The van der Waals surface area contributed by atoms with Gasteiger partial charge in [0.15, 0.2) is 0 Å². The van der Waals surface area contributed by atoms with Gasteiger partial charge >= 0.3 is 6.09 Å². The predicted octanol–water partition coefficient (Wildman–Crippen LogP) is 6.18. The van der Waals surface area contributed by atoms with Gasteiger partial charge in [0, 0.05) is 29.5 Å². The van der Waals surface area contributed by atoms with E-state index in [0.29, 0.717) is 5.69 Å². The Bertz CT molecular complexity index is 1040. The van der Waals surface area contributed by atoms with Crippen molar-refractivity contribution in [2.24, 2.45) is 0 Å². The van der Waals surface area contributed by atoms with Gasteiger partial charge in [0.2, 0.25) is 0 Å². The first-order chi connectivity index (χ1) is 13.6. The van der Waals surface area contributed by atoms with E-state index in [4.69, 9.17) is 4.74 Å². The average Bonchev–Trinajstić information content (AvgIpc) is 2.90. The van der Waals surface area contributed by atoms with E-state index in [1.807, 2.05) is 26.8 Å². The fourth-order valence-electron chi connectivity index (χ4n) is 3.53. The van der Waals surface area contributed by atoms with Gasteiger partial charge in [-0.3, -0.25) is 9.88 Å². The number of pyridine rings is 1. The summed E-state index contributed by atoms with van der Waals surface area (Å²) < 4.78 is 21.3. The maximum absolute atomic E-state index is 13.5. The second-order valence-electron chi connectivity index (χ2n) is 8.15. The zero-order valence-electron chi connectivity index (χ0n) is 18.3. The van der Waals surface area contributed by atoms with E-state index in [2.05, 4.69) is 30.3 Å². The second-order valence-corrected chi connectivity index (χ2v) is 8.15. The number of aromatic nitrogens is 2. The lowest BCUT2D eigenvalue weighted by Crippen LogP contribution is -2.36. The fraction of sp³-hybridized carbons (Fsp3) is 0.391. The highest BCUT2D eigenvalue weighted by Crippen LogP contribution is 2.29. The third-order valence-corrected chi connectivity index (χ3v) is 5.00. The average molecular weight is 434 g/mol. The maximum atomic E-state index is 13.5. The number of carbonyl (C=O) groups excluding carboxylic acids is 1. The Hall–Kier alpha value is -2.60. The second kappa shape index (κ2) is 9.04. The number of hydrogen-bond acceptors (Lipinski definition) is 3. The molecule has 3 aromatic rings. The van der Waals surface area contributed by atoms with Crippen LogP contribution in [0.3, 0.4) is 0 Å². The van der Waals surface area contributed by atoms with Crippen molar-refractivity contribution < 1.29 is 13.9 Å². The summed E-state index contributed by atoms with van der Waals surface area (Å²) in [6.07, 6.45) is 1.27. The van der Waals surface area contributed by atoms with Gasteiger partial charge in [-0.2, -0.15) is 0 Å². The summed E-state index contributed by atoms with van der Waals surface area (Å²) in [6.45, 7) is 12.8. The lowest BCUT2D eigenvalue weighted by molar-refractivity contribution is 0.0577. The molecule has 0 bridgehead atoms. The third kappa shape index (κ3) is 4.75. The normalized spacial score (nSPS) is 11.3. The molecule has 0 aliphatic rings. The summed E-state index contributed by atoms with van der Waals surface area (Å²) in [6, 6.07) is 7.83. The van der Waals surface area contributed by atoms with Gasteiger partial charge in [-0.05, 0) is 77.4 Å². The lowest BCUT2D eigenvalue weighted by atomic mass is 10.1. The molecule has 2 aromatic heterocycles. The van der Waals surface area contributed by atoms with Crippen LogP contribution in [0.1, 0.15) is 44.6 Å². The number of benzene rings is 1. The number of anilines is 1. The smallest absolute Gasteiger partial charge is 0.415 e. The van der Waals surface area contributed by atoms with Crippen molar-refractivity contribution in [2.45, 2.75) is 60.2 Å². The number of aryl methyl sites for hydroxylation is 2. The Morgan fingerprint density at radius 3 is 2.37 bits per heavy atom. The molecule has 0 aliphatic carbocycles. The zero-order chi connectivity index (χ0) is 21.3. The molecule has 30 heavy (non-hydrogen) atoms. The van der Waals surface area contributed by atoms with Crippen molar-refractivity contribution in [1.82, 2.24) is 9.55 Å². The van der Waals surface area contributed by atoms with E-state index >= 15 is 0 Å². The molecule has 0 saturated heterocycles. The standard InChI is InChI=1S/C23H28FN3O2.ClH/c1-7-26-16(3)15(2)19-12-13-25-20(21(19)26)14-27(22(28)29-23(4,5)6)18-10-8-17(24)9-11-18;/h8-13H,7,14H2,1-6H3;1H. The highest BCUT2D eigenvalue weighted by atomic mass is 35.5. The van der Waals surface area contributed by atoms with E-state index < -0.39 is 11.7 Å². The van der Waals surface area contributed by atoms with Gasteiger partial charge in [0.05, 0.1) is 17.8 Å². The quantitative estimate of drug-likeness (QED) is 0.493. The van der Waals surface area contributed by atoms with E-state index in [1.165, 1.54) is 28.3 Å². The Balaban J connectivity index is 0.00000320. The number of nitrogens with zero attached hydrogens (tertiary/aromatic N) is 3. The van der Waals surface area contributed by atoms with Crippen LogP contribution in [0.5, 0.6) is 0 Å². The Kier molecular flexibility index (Phi) is 7.14. The van der Waals surface area contributed by atoms with Crippen molar-refractivity contribution in [3.05, 3.63) is 59.3 Å². The van der Waals surface area contributed by atoms with Crippen LogP contribution in [0, 0.1) is 19.7 Å². The van der Waals surface area contributed by atoms with E-state index in [9.17, 15) is 9.18 Å². The summed E-state index contributed by atoms with van der Waals surface area (Å²) >= 11 is 0. The molecule has 2 heterocycles. The zero-order valence-corrected chi connectivity index (χ0v) is 19.1. The van der Waals surface area contributed by atoms with Crippen molar-refractivity contribution >= 4 is 35.1 Å². The minimum atomic E-state index is -0.647. The molecule has 5 nitrogen and oxygen atoms in total. The van der Waals surface area contributed by atoms with Gasteiger partial charge in [0.25, 0.3) is 0 Å². The first kappa shape index (κ1) is 23.7. The minimum absolute atomic E-state index is 0. The number of amides is 1. The highest BCUT2D eigenvalue weighted by molar-refractivity contribution is 5.90. The molecule has 1 amide bonds.